The van der Waals surface area contributed by atoms with Crippen molar-refractivity contribution in [3.05, 3.63) is 33.1 Å². The van der Waals surface area contributed by atoms with Crippen molar-refractivity contribution in [2.24, 2.45) is 0 Å². The maximum Gasteiger partial charge on any atom is 0.416 e. The lowest BCUT2D eigenvalue weighted by atomic mass is 10.1. The van der Waals surface area contributed by atoms with Gasteiger partial charge in [0.25, 0.3) is 0 Å². The quantitative estimate of drug-likeness (QED) is 0.845. The van der Waals surface area contributed by atoms with E-state index in [1.807, 2.05) is 0 Å². The van der Waals surface area contributed by atoms with Gasteiger partial charge < -0.3 is 5.11 Å². The van der Waals surface area contributed by atoms with E-state index in [0.29, 0.717) is 4.70 Å². The maximum atomic E-state index is 12.5. The molecule has 0 bridgehead atoms. The molecule has 17 heavy (non-hydrogen) atoms. The van der Waals surface area contributed by atoms with Crippen molar-refractivity contribution in [3.63, 3.8) is 0 Å². The number of hydrogen-bond donors (Lipinski definition) is 1. The fourth-order valence-corrected chi connectivity index (χ4v) is 2.98. The summed E-state index contributed by atoms with van der Waals surface area (Å²) in [5.41, 5.74) is -0.799. The molecule has 0 amide bonds. The van der Waals surface area contributed by atoms with Crippen LogP contribution in [-0.4, -0.2) is 11.1 Å². The summed E-state index contributed by atoms with van der Waals surface area (Å²) in [5, 5.41) is 9.05. The molecule has 90 valence electrons. The molecule has 0 aliphatic carbocycles. The summed E-state index contributed by atoms with van der Waals surface area (Å²) in [7, 11) is 0. The number of fused-ring (bicyclic) bond motifs is 1. The predicted molar refractivity (Wildman–Crippen MR) is 61.5 cm³/mol. The fourth-order valence-electron chi connectivity index (χ4n) is 1.38. The van der Waals surface area contributed by atoms with Crippen molar-refractivity contribution in [2.75, 3.05) is 0 Å². The van der Waals surface area contributed by atoms with Crippen molar-refractivity contribution >= 4 is 43.3 Å². The zero-order valence-electron chi connectivity index (χ0n) is 8.01. The number of hydrogen-bond acceptors (Lipinski definition) is 2. The third-order valence-corrected chi connectivity index (χ3v) is 4.17. The Morgan fingerprint density at radius 1 is 1.29 bits per heavy atom. The Balaban J connectivity index is 2.69. The summed E-state index contributed by atoms with van der Waals surface area (Å²) >= 11 is 3.96. The van der Waals surface area contributed by atoms with Gasteiger partial charge in [0.1, 0.15) is 4.88 Å². The van der Waals surface area contributed by atoms with Crippen LogP contribution in [0.25, 0.3) is 10.1 Å². The molecule has 0 saturated carbocycles. The topological polar surface area (TPSA) is 37.3 Å². The second-order valence-corrected chi connectivity index (χ2v) is 5.20. The van der Waals surface area contributed by atoms with Crippen molar-refractivity contribution < 1.29 is 23.1 Å². The molecule has 1 N–H and O–H groups in total. The zero-order valence-corrected chi connectivity index (χ0v) is 10.4. The average molecular weight is 325 g/mol. The standard InChI is InChI=1S/C10H4BrF3O2S/c11-6-3-5(10(12,13)14)1-4-2-7(9(15)16)17-8(4)6/h1-3H,(H,15,16). The largest absolute Gasteiger partial charge is 0.477 e. The number of thiophene rings is 1. The molecule has 0 spiro atoms. The van der Waals surface area contributed by atoms with Crippen LogP contribution >= 0.6 is 27.3 Å². The highest BCUT2D eigenvalue weighted by Crippen LogP contribution is 2.38. The minimum atomic E-state index is -4.44. The molecular formula is C10H4BrF3O2S. The van der Waals surface area contributed by atoms with Crippen LogP contribution in [0.4, 0.5) is 13.2 Å². The van der Waals surface area contributed by atoms with Crippen LogP contribution in [0.5, 0.6) is 0 Å². The maximum absolute atomic E-state index is 12.5. The fraction of sp³-hybridized carbons (Fsp3) is 0.100. The van der Waals surface area contributed by atoms with E-state index in [0.717, 1.165) is 23.5 Å². The number of halogens is 4. The molecule has 2 aromatic rings. The predicted octanol–water partition coefficient (Wildman–Crippen LogP) is 4.38. The molecule has 1 heterocycles. The van der Waals surface area contributed by atoms with Gasteiger partial charge in [0.2, 0.25) is 0 Å². The first-order valence-corrected chi connectivity index (χ1v) is 5.93. The Bertz CT molecular complexity index is 603. The minimum absolute atomic E-state index is 0.0139. The Morgan fingerprint density at radius 3 is 2.47 bits per heavy atom. The summed E-state index contributed by atoms with van der Waals surface area (Å²) in [6.45, 7) is 0. The molecule has 0 fully saturated rings. The van der Waals surface area contributed by atoms with Crippen molar-refractivity contribution in [1.82, 2.24) is 0 Å². The highest BCUT2D eigenvalue weighted by atomic mass is 79.9. The molecule has 1 aromatic carbocycles. The van der Waals surface area contributed by atoms with E-state index in [1.165, 1.54) is 6.07 Å². The number of rotatable bonds is 1. The molecule has 0 atom stereocenters. The van der Waals surface area contributed by atoms with Gasteiger partial charge in [-0.2, -0.15) is 13.2 Å². The third-order valence-electron chi connectivity index (χ3n) is 2.11. The molecule has 0 aliphatic heterocycles. The van der Waals surface area contributed by atoms with E-state index in [1.54, 1.807) is 0 Å². The zero-order chi connectivity index (χ0) is 12.8. The van der Waals surface area contributed by atoms with E-state index < -0.39 is 17.7 Å². The van der Waals surface area contributed by atoms with Gasteiger partial charge in [-0.25, -0.2) is 4.79 Å². The molecule has 2 nitrogen and oxygen atoms in total. The Morgan fingerprint density at radius 2 is 1.94 bits per heavy atom. The lowest BCUT2D eigenvalue weighted by molar-refractivity contribution is -0.137. The normalized spacial score (nSPS) is 12.0. The highest BCUT2D eigenvalue weighted by Gasteiger charge is 2.31. The van der Waals surface area contributed by atoms with Gasteiger partial charge in [0.05, 0.1) is 5.56 Å². The highest BCUT2D eigenvalue weighted by molar-refractivity contribution is 9.10. The van der Waals surface area contributed by atoms with Crippen LogP contribution in [0.2, 0.25) is 0 Å². The van der Waals surface area contributed by atoms with E-state index >= 15 is 0 Å². The number of carbonyl (C=O) groups is 1. The molecule has 2 rings (SSSR count). The van der Waals surface area contributed by atoms with Crippen LogP contribution in [0.15, 0.2) is 22.7 Å². The lowest BCUT2D eigenvalue weighted by Gasteiger charge is -2.07. The first-order valence-electron chi connectivity index (χ1n) is 4.32. The molecule has 7 heteroatoms. The van der Waals surface area contributed by atoms with Crippen LogP contribution < -0.4 is 0 Å². The first-order chi connectivity index (χ1) is 7.79. The van der Waals surface area contributed by atoms with Crippen LogP contribution in [0.3, 0.4) is 0 Å². The van der Waals surface area contributed by atoms with Crippen molar-refractivity contribution in [2.45, 2.75) is 6.18 Å². The molecule has 0 unspecified atom stereocenters. The molecule has 0 saturated heterocycles. The van der Waals surface area contributed by atoms with Gasteiger partial charge in [-0.05, 0) is 39.5 Å². The van der Waals surface area contributed by atoms with Gasteiger partial charge in [-0.1, -0.05) is 0 Å². The number of alkyl halides is 3. The minimum Gasteiger partial charge on any atom is -0.477 e. The van der Waals surface area contributed by atoms with Crippen molar-refractivity contribution in [1.29, 1.82) is 0 Å². The lowest BCUT2D eigenvalue weighted by Crippen LogP contribution is -2.04. The molecule has 0 radical (unpaired) electrons. The average Bonchev–Trinajstić information content (AvgIpc) is 2.60. The van der Waals surface area contributed by atoms with Crippen LogP contribution in [0, 0.1) is 0 Å². The van der Waals surface area contributed by atoms with Gasteiger partial charge in [0.15, 0.2) is 0 Å². The molecule has 0 aliphatic rings. The van der Waals surface area contributed by atoms with Gasteiger partial charge in [-0.3, -0.25) is 0 Å². The summed E-state index contributed by atoms with van der Waals surface area (Å²) in [4.78, 5) is 10.8. The summed E-state index contributed by atoms with van der Waals surface area (Å²) in [6.07, 6.45) is -4.44. The SMILES string of the molecule is O=C(O)c1cc2cc(C(F)(F)F)cc(Br)c2s1. The van der Waals surface area contributed by atoms with Crippen LogP contribution in [0.1, 0.15) is 15.2 Å². The van der Waals surface area contributed by atoms with Gasteiger partial charge in [0, 0.05) is 9.17 Å². The summed E-state index contributed by atoms with van der Waals surface area (Å²) in [6, 6.07) is 3.13. The number of carboxylic acid groups (broad SMARTS) is 1. The van der Waals surface area contributed by atoms with E-state index in [-0.39, 0.29) is 14.7 Å². The second-order valence-electron chi connectivity index (χ2n) is 3.29. The Hall–Kier alpha value is -1.08. The van der Waals surface area contributed by atoms with E-state index in [2.05, 4.69) is 15.9 Å². The van der Waals surface area contributed by atoms with Crippen LogP contribution in [-0.2, 0) is 6.18 Å². The van der Waals surface area contributed by atoms with Crippen molar-refractivity contribution in [3.8, 4) is 0 Å². The monoisotopic (exact) mass is 324 g/mol. The third kappa shape index (κ3) is 2.30. The Labute approximate surface area is 106 Å². The second kappa shape index (κ2) is 3.99. The number of carboxylic acids is 1. The summed E-state index contributed by atoms with van der Waals surface area (Å²) < 4.78 is 38.3. The van der Waals surface area contributed by atoms with E-state index in [9.17, 15) is 18.0 Å². The van der Waals surface area contributed by atoms with Gasteiger partial charge in [-0.15, -0.1) is 11.3 Å². The van der Waals surface area contributed by atoms with Gasteiger partial charge >= 0.3 is 12.1 Å². The Kier molecular flexibility index (Phi) is 2.90. The number of aromatic carboxylic acids is 1. The summed E-state index contributed by atoms with van der Waals surface area (Å²) in [5.74, 6) is -1.15. The molecular weight excluding hydrogens is 321 g/mol. The molecule has 1 aromatic heterocycles. The number of benzene rings is 1. The first kappa shape index (κ1) is 12.4. The smallest absolute Gasteiger partial charge is 0.416 e. The van der Waals surface area contributed by atoms with E-state index in [4.69, 9.17) is 5.11 Å².